The first kappa shape index (κ1) is 19.3. The van der Waals surface area contributed by atoms with Crippen LogP contribution in [0.2, 0.25) is 0 Å². The van der Waals surface area contributed by atoms with Crippen LogP contribution in [-0.2, 0) is 0 Å². The van der Waals surface area contributed by atoms with Crippen molar-refractivity contribution < 1.29 is 38.9 Å². The van der Waals surface area contributed by atoms with Crippen LogP contribution >= 0.6 is 0 Å². The van der Waals surface area contributed by atoms with Crippen LogP contribution in [0.5, 0.6) is 5.75 Å². The zero-order valence-corrected chi connectivity index (χ0v) is 13.6. The summed E-state index contributed by atoms with van der Waals surface area (Å²) in [5, 5.41) is 12.1. The Morgan fingerprint density at radius 1 is 1.09 bits per heavy atom. The molecule has 23 heavy (non-hydrogen) atoms. The largest absolute Gasteiger partial charge is 0.507 e. The van der Waals surface area contributed by atoms with Gasteiger partial charge < -0.3 is 10.0 Å². The molecule has 0 aliphatic carbocycles. The predicted molar refractivity (Wildman–Crippen MR) is 75.8 cm³/mol. The Bertz CT molecular complexity index is 650. The van der Waals surface area contributed by atoms with Gasteiger partial charge in [-0.1, -0.05) is 30.3 Å². The van der Waals surface area contributed by atoms with Gasteiger partial charge in [0.2, 0.25) is 0 Å². The Kier molecular flexibility index (Phi) is 7.37. The molecule has 0 spiro atoms. The van der Waals surface area contributed by atoms with Gasteiger partial charge in [-0.05, 0) is 16.8 Å². The number of hydrogen-bond acceptors (Lipinski definition) is 6. The average Bonchev–Trinajstić information content (AvgIpc) is 2.43. The molecule has 2 aromatic rings. The van der Waals surface area contributed by atoms with E-state index in [9.17, 15) is 5.11 Å². The number of hydrogen-bond donors (Lipinski definition) is 2. The minimum atomic E-state index is -4.94. The molecule has 126 valence electrons. The Hall–Kier alpha value is -1.74. The van der Waals surface area contributed by atoms with E-state index in [2.05, 4.69) is 19.1 Å². The average molecular weight is 343 g/mol. The molecule has 2 N–H and O–H groups in total. The van der Waals surface area contributed by atoms with Crippen LogP contribution in [0.15, 0.2) is 41.4 Å². The number of nitrogens with one attached hydrogen (secondary N) is 1. The Morgan fingerprint density at radius 3 is 2.30 bits per heavy atom. The molecular weight excluding hydrogens is 324 g/mol. The van der Waals surface area contributed by atoms with Gasteiger partial charge >= 0.3 is 0 Å². The zero-order valence-electron chi connectivity index (χ0n) is 12.9. The maximum atomic E-state index is 9.92. The predicted octanol–water partition coefficient (Wildman–Crippen LogP) is -3.65. The molecular formula is C15H19ClN2O5. The van der Waals surface area contributed by atoms with Gasteiger partial charge in [-0.15, -0.1) is 10.2 Å². The van der Waals surface area contributed by atoms with E-state index in [4.69, 9.17) is 18.6 Å². The smallest absolute Gasteiger partial charge is 0.124 e. The summed E-state index contributed by atoms with van der Waals surface area (Å²) in [6, 6.07) is 11.7. The molecule has 0 atom stereocenters. The number of aliphatic imine (C=N–C) groups is 1. The summed E-state index contributed by atoms with van der Waals surface area (Å²) < 4.78 is 34.0. The van der Waals surface area contributed by atoms with Crippen LogP contribution in [0.25, 0.3) is 10.8 Å². The second-order valence-electron chi connectivity index (χ2n) is 5.09. The summed E-state index contributed by atoms with van der Waals surface area (Å²) in [5.41, 5.74) is 0.807. The molecule has 0 saturated carbocycles. The monoisotopic (exact) mass is 342 g/mol. The van der Waals surface area contributed by atoms with Crippen LogP contribution in [0.3, 0.4) is 0 Å². The number of halogens is 1. The number of benzene rings is 2. The topological polar surface area (TPSA) is 129 Å². The third-order valence-electron chi connectivity index (χ3n) is 2.91. The maximum absolute atomic E-state index is 9.92. The van der Waals surface area contributed by atoms with Crippen molar-refractivity contribution in [2.45, 2.75) is 0 Å². The van der Waals surface area contributed by atoms with Gasteiger partial charge in [0, 0.05) is 11.8 Å². The van der Waals surface area contributed by atoms with E-state index in [0.717, 1.165) is 29.4 Å². The number of phenolic OH excluding ortho intramolecular Hbond substituents is 1. The van der Waals surface area contributed by atoms with E-state index < -0.39 is 10.2 Å². The molecule has 2 aromatic carbocycles. The van der Waals surface area contributed by atoms with E-state index in [1.54, 1.807) is 12.3 Å². The van der Waals surface area contributed by atoms with Crippen LogP contribution in [0.4, 0.5) is 0 Å². The number of phenols is 1. The minimum Gasteiger partial charge on any atom is -0.507 e. The van der Waals surface area contributed by atoms with Crippen molar-refractivity contribution >= 4 is 17.0 Å². The molecule has 0 amide bonds. The van der Waals surface area contributed by atoms with E-state index in [0.29, 0.717) is 0 Å². The van der Waals surface area contributed by atoms with Crippen LogP contribution in [0, 0.1) is 10.2 Å². The van der Waals surface area contributed by atoms with Crippen molar-refractivity contribution in [2.75, 3.05) is 27.2 Å². The molecule has 0 aliphatic rings. The zero-order chi connectivity index (χ0) is 17.5. The fourth-order valence-electron chi connectivity index (χ4n) is 1.86. The summed E-state index contributed by atoms with van der Waals surface area (Å²) in [6.07, 6.45) is 1.78. The molecule has 2 rings (SSSR count). The number of rotatable bonds is 4. The summed E-state index contributed by atoms with van der Waals surface area (Å²) in [7, 11) is -0.740. The third kappa shape index (κ3) is 7.89. The minimum absolute atomic E-state index is 0.287. The maximum Gasteiger partial charge on any atom is 0.124 e. The Balaban J connectivity index is 0.000000463. The standard InChI is InChI=1S/C15H18N2O.ClHO4/c1-17(2)10-9-16-11-14-13-6-4-3-5-12(13)7-8-15(14)18;2-1(3,4)5/h3-8,11,18H,9-10H2,1-2H3;(H,2,3,4,5). The van der Waals surface area contributed by atoms with E-state index in [-0.39, 0.29) is 5.75 Å². The SMILES string of the molecule is C[NH+](C)CCN=Cc1c(O)ccc2ccccc12.[O-][Cl+3]([O-])([O-])[O-]. The first-order valence-corrected chi connectivity index (χ1v) is 8.03. The lowest BCUT2D eigenvalue weighted by Gasteiger charge is -2.17. The number of nitrogens with zero attached hydrogens (tertiary/aromatic N) is 1. The van der Waals surface area contributed by atoms with Crippen molar-refractivity contribution in [3.05, 3.63) is 42.0 Å². The molecule has 0 saturated heterocycles. The lowest BCUT2D eigenvalue weighted by atomic mass is 10.0. The number of fused-ring (bicyclic) bond motifs is 1. The highest BCUT2D eigenvalue weighted by molar-refractivity contribution is 6.02. The molecule has 0 fully saturated rings. The molecule has 0 heterocycles. The normalized spacial score (nSPS) is 11.8. The second kappa shape index (κ2) is 8.78. The Morgan fingerprint density at radius 2 is 1.70 bits per heavy atom. The van der Waals surface area contributed by atoms with Gasteiger partial charge in [0.25, 0.3) is 0 Å². The van der Waals surface area contributed by atoms with Crippen LogP contribution in [0.1, 0.15) is 5.56 Å². The second-order valence-corrected chi connectivity index (χ2v) is 5.85. The van der Waals surface area contributed by atoms with E-state index in [1.165, 1.54) is 4.90 Å². The summed E-state index contributed by atoms with van der Waals surface area (Å²) in [4.78, 5) is 5.76. The summed E-state index contributed by atoms with van der Waals surface area (Å²) >= 11 is 0. The highest BCUT2D eigenvalue weighted by Gasteiger charge is 2.03. The highest BCUT2D eigenvalue weighted by atomic mass is 35.7. The van der Waals surface area contributed by atoms with Gasteiger partial charge in [-0.25, -0.2) is 18.6 Å². The quantitative estimate of drug-likeness (QED) is 0.553. The molecule has 0 unspecified atom stereocenters. The fourth-order valence-corrected chi connectivity index (χ4v) is 1.86. The lowest BCUT2D eigenvalue weighted by Crippen LogP contribution is -3.06. The van der Waals surface area contributed by atoms with Gasteiger partial charge in [-0.2, -0.15) is 0 Å². The Labute approximate surface area is 136 Å². The van der Waals surface area contributed by atoms with Crippen molar-refractivity contribution in [1.82, 2.24) is 0 Å². The third-order valence-corrected chi connectivity index (χ3v) is 2.91. The number of aromatic hydroxyl groups is 1. The number of likely N-dealkylation sites (N-methyl/N-ethyl adjacent to an activating group) is 1. The van der Waals surface area contributed by atoms with Gasteiger partial charge in [0.15, 0.2) is 0 Å². The van der Waals surface area contributed by atoms with Crippen molar-refractivity contribution in [3.63, 3.8) is 0 Å². The van der Waals surface area contributed by atoms with Crippen molar-refractivity contribution in [1.29, 1.82) is 0 Å². The molecule has 8 heteroatoms. The number of quaternary nitrogens is 1. The van der Waals surface area contributed by atoms with E-state index in [1.807, 2.05) is 30.3 Å². The molecule has 0 radical (unpaired) electrons. The highest BCUT2D eigenvalue weighted by Crippen LogP contribution is 2.25. The van der Waals surface area contributed by atoms with Gasteiger partial charge in [0.1, 0.15) is 5.75 Å². The summed E-state index contributed by atoms with van der Waals surface area (Å²) in [6.45, 7) is 1.76. The lowest BCUT2D eigenvalue weighted by molar-refractivity contribution is -2.00. The van der Waals surface area contributed by atoms with E-state index >= 15 is 0 Å². The van der Waals surface area contributed by atoms with Crippen LogP contribution < -0.4 is 23.5 Å². The first-order chi connectivity index (χ1) is 10.7. The van der Waals surface area contributed by atoms with Crippen molar-refractivity contribution in [2.24, 2.45) is 4.99 Å². The van der Waals surface area contributed by atoms with Crippen molar-refractivity contribution in [3.8, 4) is 5.75 Å². The van der Waals surface area contributed by atoms with Gasteiger partial charge in [-0.3, -0.25) is 4.99 Å². The molecule has 0 aromatic heterocycles. The molecule has 0 aliphatic heterocycles. The van der Waals surface area contributed by atoms with Crippen LogP contribution in [-0.4, -0.2) is 38.5 Å². The van der Waals surface area contributed by atoms with Gasteiger partial charge in [0.05, 0.1) is 27.2 Å². The molecule has 7 nitrogen and oxygen atoms in total. The first-order valence-electron chi connectivity index (χ1n) is 6.80. The fraction of sp³-hybridized carbons (Fsp3) is 0.267. The summed E-state index contributed by atoms with van der Waals surface area (Å²) in [5.74, 6) is 0.287. The molecule has 0 bridgehead atoms.